The molecule has 3 heterocycles. The zero-order valence-electron chi connectivity index (χ0n) is 16.4. The van der Waals surface area contributed by atoms with Crippen LogP contribution in [0.3, 0.4) is 0 Å². The van der Waals surface area contributed by atoms with E-state index in [0.29, 0.717) is 53.3 Å². The molecule has 1 aliphatic carbocycles. The van der Waals surface area contributed by atoms with Crippen molar-refractivity contribution >= 4 is 23.4 Å². The molecule has 1 fully saturated rings. The van der Waals surface area contributed by atoms with Crippen LogP contribution in [0.2, 0.25) is 5.02 Å². The Morgan fingerprint density at radius 1 is 1.41 bits per heavy atom. The van der Waals surface area contributed by atoms with Gasteiger partial charge in [-0.15, -0.1) is 0 Å². The lowest BCUT2D eigenvalue weighted by molar-refractivity contribution is 0.0714. The number of hydrogen-bond donors (Lipinski definition) is 1. The number of aromatic nitrogens is 2. The van der Waals surface area contributed by atoms with E-state index < -0.39 is 0 Å². The van der Waals surface area contributed by atoms with Crippen LogP contribution in [0.5, 0.6) is 5.88 Å². The molecule has 1 N–H and O–H groups in total. The average molecular weight is 415 g/mol. The van der Waals surface area contributed by atoms with Crippen molar-refractivity contribution in [2.24, 2.45) is 5.92 Å². The predicted molar refractivity (Wildman–Crippen MR) is 108 cm³/mol. The molecule has 0 radical (unpaired) electrons. The lowest BCUT2D eigenvalue weighted by Gasteiger charge is -2.24. The summed E-state index contributed by atoms with van der Waals surface area (Å²) in [6.45, 7) is 5.21. The first-order valence-corrected chi connectivity index (χ1v) is 10.2. The molecule has 8 heteroatoms. The molecular formula is C21H23ClN4O3. The minimum absolute atomic E-state index is 0.134. The highest BCUT2D eigenvalue weighted by molar-refractivity contribution is 6.31. The van der Waals surface area contributed by atoms with Gasteiger partial charge in [0.2, 0.25) is 5.88 Å². The number of carbonyl (C=O) groups is 2. The minimum atomic E-state index is -0.270. The molecule has 1 aliphatic heterocycles. The van der Waals surface area contributed by atoms with Crippen molar-refractivity contribution in [3.63, 3.8) is 0 Å². The number of ether oxygens (including phenoxy) is 1. The van der Waals surface area contributed by atoms with E-state index >= 15 is 0 Å². The van der Waals surface area contributed by atoms with Crippen molar-refractivity contribution in [2.75, 3.05) is 13.2 Å². The van der Waals surface area contributed by atoms with Crippen LogP contribution in [-0.2, 0) is 6.54 Å². The van der Waals surface area contributed by atoms with Crippen molar-refractivity contribution in [1.82, 2.24) is 20.2 Å². The maximum atomic E-state index is 13.0. The molecule has 4 rings (SSSR count). The van der Waals surface area contributed by atoms with Gasteiger partial charge in [-0.2, -0.15) is 0 Å². The Kier molecular flexibility index (Phi) is 5.41. The summed E-state index contributed by atoms with van der Waals surface area (Å²) in [6, 6.07) is 3.19. The molecule has 2 aromatic rings. The quantitative estimate of drug-likeness (QED) is 0.750. The SMILES string of the molecule is CCNC(=O)c1nccc2c1CN(C(C)c1cnc(OCC3CC3)c(Cl)c1)C2=O. The Hall–Kier alpha value is -2.67. The van der Waals surface area contributed by atoms with Crippen LogP contribution in [0, 0.1) is 5.92 Å². The molecule has 0 aromatic carbocycles. The fourth-order valence-electron chi connectivity index (χ4n) is 3.44. The maximum absolute atomic E-state index is 13.0. The summed E-state index contributed by atoms with van der Waals surface area (Å²) >= 11 is 6.36. The van der Waals surface area contributed by atoms with E-state index in [1.807, 2.05) is 13.8 Å². The number of nitrogens with one attached hydrogen (secondary N) is 1. The van der Waals surface area contributed by atoms with Crippen LogP contribution in [-0.4, -0.2) is 39.8 Å². The maximum Gasteiger partial charge on any atom is 0.270 e. The van der Waals surface area contributed by atoms with Crippen molar-refractivity contribution in [2.45, 2.75) is 39.3 Å². The summed E-state index contributed by atoms with van der Waals surface area (Å²) in [5.41, 5.74) is 2.27. The standard InChI is InChI=1S/C21H23ClN4O3/c1-3-23-19(27)18-16-10-26(21(28)15(16)6-7-24-18)12(2)14-8-17(22)20(25-9-14)29-11-13-4-5-13/h6-9,12-13H,3-5,10-11H2,1-2H3,(H,23,27). The normalized spacial score (nSPS) is 16.5. The first-order valence-electron chi connectivity index (χ1n) is 9.84. The Balaban J connectivity index is 1.54. The first kappa shape index (κ1) is 19.6. The minimum Gasteiger partial charge on any atom is -0.476 e. The molecule has 1 atom stereocenters. The third-order valence-electron chi connectivity index (χ3n) is 5.36. The van der Waals surface area contributed by atoms with Crippen LogP contribution < -0.4 is 10.1 Å². The zero-order valence-corrected chi connectivity index (χ0v) is 17.2. The summed E-state index contributed by atoms with van der Waals surface area (Å²) in [4.78, 5) is 35.5. The molecule has 152 valence electrons. The number of halogens is 1. The topological polar surface area (TPSA) is 84.4 Å². The van der Waals surface area contributed by atoms with E-state index in [1.165, 1.54) is 19.0 Å². The number of carbonyl (C=O) groups excluding carboxylic acids is 2. The van der Waals surface area contributed by atoms with Crippen LogP contribution in [0.25, 0.3) is 0 Å². The summed E-state index contributed by atoms with van der Waals surface area (Å²) in [5, 5.41) is 3.18. The monoisotopic (exact) mass is 414 g/mol. The molecule has 0 bridgehead atoms. The van der Waals surface area contributed by atoms with E-state index in [0.717, 1.165) is 5.56 Å². The lowest BCUT2D eigenvalue weighted by Crippen LogP contribution is -2.28. The van der Waals surface area contributed by atoms with Gasteiger partial charge in [0.1, 0.15) is 10.7 Å². The molecule has 0 saturated heterocycles. The number of rotatable bonds is 7. The van der Waals surface area contributed by atoms with E-state index in [2.05, 4.69) is 15.3 Å². The molecule has 29 heavy (non-hydrogen) atoms. The van der Waals surface area contributed by atoms with Gasteiger partial charge in [-0.05, 0) is 50.3 Å². The summed E-state index contributed by atoms with van der Waals surface area (Å²) < 4.78 is 5.68. The van der Waals surface area contributed by atoms with Gasteiger partial charge < -0.3 is 15.0 Å². The first-order chi connectivity index (χ1) is 14.0. The number of pyridine rings is 2. The van der Waals surface area contributed by atoms with Crippen LogP contribution in [0.15, 0.2) is 24.5 Å². The second-order valence-electron chi connectivity index (χ2n) is 7.46. The Morgan fingerprint density at radius 3 is 2.90 bits per heavy atom. The molecule has 2 amide bonds. The van der Waals surface area contributed by atoms with Gasteiger partial charge in [-0.1, -0.05) is 11.6 Å². The average Bonchev–Trinajstić information content (AvgIpc) is 3.48. The lowest BCUT2D eigenvalue weighted by atomic mass is 10.1. The number of amides is 2. The van der Waals surface area contributed by atoms with Crippen LogP contribution >= 0.6 is 11.6 Å². The fourth-order valence-corrected chi connectivity index (χ4v) is 3.67. The van der Waals surface area contributed by atoms with Gasteiger partial charge >= 0.3 is 0 Å². The van der Waals surface area contributed by atoms with E-state index in [-0.39, 0.29) is 17.9 Å². The van der Waals surface area contributed by atoms with Crippen LogP contribution in [0.4, 0.5) is 0 Å². The summed E-state index contributed by atoms with van der Waals surface area (Å²) in [7, 11) is 0. The summed E-state index contributed by atoms with van der Waals surface area (Å²) in [5.74, 6) is 0.632. The third kappa shape index (κ3) is 3.92. The van der Waals surface area contributed by atoms with Gasteiger partial charge in [0.15, 0.2) is 0 Å². The molecule has 2 aliphatic rings. The largest absolute Gasteiger partial charge is 0.476 e. The van der Waals surface area contributed by atoms with Gasteiger partial charge in [-0.3, -0.25) is 14.6 Å². The number of hydrogen-bond acceptors (Lipinski definition) is 5. The molecule has 1 unspecified atom stereocenters. The highest BCUT2D eigenvalue weighted by Crippen LogP contribution is 2.35. The predicted octanol–water partition coefficient (Wildman–Crippen LogP) is 3.39. The second-order valence-corrected chi connectivity index (χ2v) is 7.87. The van der Waals surface area contributed by atoms with E-state index in [1.54, 1.807) is 23.2 Å². The zero-order chi connectivity index (χ0) is 20.5. The van der Waals surface area contributed by atoms with Crippen molar-refractivity contribution in [1.29, 1.82) is 0 Å². The molecular weight excluding hydrogens is 392 g/mol. The van der Waals surface area contributed by atoms with Gasteiger partial charge in [0, 0.05) is 36.6 Å². The Morgan fingerprint density at radius 2 is 2.21 bits per heavy atom. The van der Waals surface area contributed by atoms with Crippen molar-refractivity contribution in [3.8, 4) is 5.88 Å². The third-order valence-corrected chi connectivity index (χ3v) is 5.63. The van der Waals surface area contributed by atoms with Gasteiger partial charge in [-0.25, -0.2) is 4.98 Å². The Bertz CT molecular complexity index is 961. The highest BCUT2D eigenvalue weighted by atomic mass is 35.5. The highest BCUT2D eigenvalue weighted by Gasteiger charge is 2.35. The number of nitrogens with zero attached hydrogens (tertiary/aromatic N) is 3. The molecule has 2 aromatic heterocycles. The molecule has 0 spiro atoms. The Labute approximate surface area is 174 Å². The van der Waals surface area contributed by atoms with Gasteiger partial charge in [0.05, 0.1) is 12.6 Å². The van der Waals surface area contributed by atoms with E-state index in [4.69, 9.17) is 16.3 Å². The molecule has 7 nitrogen and oxygen atoms in total. The van der Waals surface area contributed by atoms with E-state index in [9.17, 15) is 9.59 Å². The second kappa shape index (κ2) is 7.99. The van der Waals surface area contributed by atoms with Crippen LogP contribution in [0.1, 0.15) is 64.7 Å². The van der Waals surface area contributed by atoms with Crippen molar-refractivity contribution < 1.29 is 14.3 Å². The molecule has 1 saturated carbocycles. The number of fused-ring (bicyclic) bond motifs is 1. The smallest absolute Gasteiger partial charge is 0.270 e. The van der Waals surface area contributed by atoms with Crippen molar-refractivity contribution in [3.05, 3.63) is 51.9 Å². The fraction of sp³-hybridized carbons (Fsp3) is 0.429. The van der Waals surface area contributed by atoms with Gasteiger partial charge in [0.25, 0.3) is 11.8 Å². The summed E-state index contributed by atoms with van der Waals surface area (Å²) in [6.07, 6.45) is 5.58.